The minimum absolute atomic E-state index is 0.178. The fourth-order valence-electron chi connectivity index (χ4n) is 3.60. The number of nitrogens with one attached hydrogen (secondary N) is 1. The van der Waals surface area contributed by atoms with Gasteiger partial charge in [0.25, 0.3) is 5.91 Å². The number of sulfonamides is 1. The van der Waals surface area contributed by atoms with Gasteiger partial charge >= 0.3 is 0 Å². The predicted molar refractivity (Wildman–Crippen MR) is 117 cm³/mol. The van der Waals surface area contributed by atoms with E-state index in [1.807, 2.05) is 24.4 Å². The smallest absolute Gasteiger partial charge is 0.257 e. The second kappa shape index (κ2) is 7.55. The van der Waals surface area contributed by atoms with Gasteiger partial charge in [-0.15, -0.1) is 11.3 Å². The van der Waals surface area contributed by atoms with Crippen LogP contribution >= 0.6 is 11.3 Å². The Morgan fingerprint density at radius 1 is 1.27 bits per heavy atom. The Balaban J connectivity index is 1.52. The van der Waals surface area contributed by atoms with Crippen LogP contribution in [0, 0.1) is 11.3 Å². The van der Waals surface area contributed by atoms with Crippen LogP contribution in [0.5, 0.6) is 0 Å². The van der Waals surface area contributed by atoms with Gasteiger partial charge in [-0.25, -0.2) is 13.4 Å². The summed E-state index contributed by atoms with van der Waals surface area (Å²) < 4.78 is 25.5. The van der Waals surface area contributed by atoms with Crippen molar-refractivity contribution in [3.05, 3.63) is 64.5 Å². The molecule has 1 aliphatic heterocycles. The second-order valence-corrected chi connectivity index (χ2v) is 9.85. The minimum Gasteiger partial charge on any atom is -0.298 e. The average molecular weight is 439 g/mol. The van der Waals surface area contributed by atoms with Crippen molar-refractivity contribution < 1.29 is 13.2 Å². The molecule has 152 valence electrons. The molecule has 0 fully saturated rings. The third kappa shape index (κ3) is 3.79. The Hall–Kier alpha value is -3.22. The number of benzene rings is 2. The Bertz CT molecular complexity index is 1270. The van der Waals surface area contributed by atoms with E-state index >= 15 is 0 Å². The largest absolute Gasteiger partial charge is 0.298 e. The number of anilines is 2. The van der Waals surface area contributed by atoms with E-state index in [2.05, 4.69) is 16.4 Å². The highest BCUT2D eigenvalue weighted by Gasteiger charge is 2.32. The van der Waals surface area contributed by atoms with Crippen molar-refractivity contribution in [2.75, 3.05) is 15.9 Å². The molecule has 2 heterocycles. The number of carbonyl (C=O) groups is 1. The average Bonchev–Trinajstić information content (AvgIpc) is 3.30. The van der Waals surface area contributed by atoms with Crippen molar-refractivity contribution >= 4 is 38.1 Å². The van der Waals surface area contributed by atoms with Gasteiger partial charge in [-0.2, -0.15) is 5.26 Å². The number of aromatic nitrogens is 1. The summed E-state index contributed by atoms with van der Waals surface area (Å²) in [4.78, 5) is 17.1. The number of amides is 1. The van der Waals surface area contributed by atoms with E-state index in [4.69, 9.17) is 5.26 Å². The van der Waals surface area contributed by atoms with E-state index in [9.17, 15) is 13.2 Å². The summed E-state index contributed by atoms with van der Waals surface area (Å²) >= 11 is 1.31. The molecule has 1 N–H and O–H groups in total. The summed E-state index contributed by atoms with van der Waals surface area (Å²) in [5.74, 6) is -0.302. The number of hydrogen-bond donors (Lipinski definition) is 1. The first-order chi connectivity index (χ1) is 14.3. The van der Waals surface area contributed by atoms with Gasteiger partial charge in [0.1, 0.15) is 0 Å². The molecule has 7 nitrogen and oxygen atoms in total. The third-order valence-electron chi connectivity index (χ3n) is 4.89. The van der Waals surface area contributed by atoms with Crippen molar-refractivity contribution in [3.8, 4) is 17.3 Å². The highest BCUT2D eigenvalue weighted by Crippen LogP contribution is 2.35. The summed E-state index contributed by atoms with van der Waals surface area (Å²) in [5.41, 5.74) is 4.05. The molecule has 1 aromatic heterocycles. The Kier molecular flexibility index (Phi) is 5.05. The number of nitriles is 1. The lowest BCUT2D eigenvalue weighted by Crippen LogP contribution is -2.34. The molecule has 0 saturated heterocycles. The lowest BCUT2D eigenvalue weighted by molar-refractivity contribution is 0.102. The molecule has 2 aromatic carbocycles. The summed E-state index contributed by atoms with van der Waals surface area (Å²) in [5, 5.41) is 14.0. The minimum atomic E-state index is -3.37. The van der Waals surface area contributed by atoms with Gasteiger partial charge in [-0.3, -0.25) is 14.4 Å². The molecule has 4 rings (SSSR count). The summed E-state index contributed by atoms with van der Waals surface area (Å²) in [6.07, 6.45) is 1.75. The van der Waals surface area contributed by atoms with Crippen LogP contribution in [0.25, 0.3) is 11.3 Å². The SMILES string of the molecule is C[C@@H]1Cc2cc(C(=O)Nc3nc(-c4ccc(C#N)cc4)cs3)ccc2N1S(C)(=O)=O. The molecule has 0 bridgehead atoms. The highest BCUT2D eigenvalue weighted by molar-refractivity contribution is 7.92. The zero-order chi connectivity index (χ0) is 21.5. The van der Waals surface area contributed by atoms with Crippen LogP contribution in [0.3, 0.4) is 0 Å². The standard InChI is InChI=1S/C21H18N4O3S2/c1-13-9-17-10-16(7-8-19(17)25(13)30(2,27)28)20(26)24-21-23-18(12-29-21)15-5-3-14(11-22)4-6-15/h3-8,10,12-13H,9H2,1-2H3,(H,23,24,26)/t13-/m1/s1. The molecule has 30 heavy (non-hydrogen) atoms. The number of fused-ring (bicyclic) bond motifs is 1. The lowest BCUT2D eigenvalue weighted by Gasteiger charge is -2.21. The first-order valence-corrected chi connectivity index (χ1v) is 11.9. The molecule has 0 saturated carbocycles. The monoisotopic (exact) mass is 438 g/mol. The molecule has 0 radical (unpaired) electrons. The van der Waals surface area contributed by atoms with Crippen LogP contribution in [-0.4, -0.2) is 31.6 Å². The van der Waals surface area contributed by atoms with Gasteiger partial charge in [-0.1, -0.05) is 12.1 Å². The summed E-state index contributed by atoms with van der Waals surface area (Å²) in [7, 11) is -3.37. The number of rotatable bonds is 4. The van der Waals surface area contributed by atoms with Crippen molar-refractivity contribution in [2.24, 2.45) is 0 Å². The first kappa shape index (κ1) is 20.1. The van der Waals surface area contributed by atoms with Crippen LogP contribution in [-0.2, 0) is 16.4 Å². The Labute approximate surface area is 178 Å². The molecule has 0 spiro atoms. The molecule has 1 amide bonds. The van der Waals surface area contributed by atoms with E-state index < -0.39 is 10.0 Å². The van der Waals surface area contributed by atoms with Crippen molar-refractivity contribution in [1.82, 2.24) is 4.98 Å². The van der Waals surface area contributed by atoms with Crippen LogP contribution in [0.4, 0.5) is 10.8 Å². The number of thiazole rings is 1. The Morgan fingerprint density at radius 2 is 2.00 bits per heavy atom. The maximum Gasteiger partial charge on any atom is 0.257 e. The molecule has 0 unspecified atom stereocenters. The van der Waals surface area contributed by atoms with E-state index in [0.717, 1.165) is 11.1 Å². The first-order valence-electron chi connectivity index (χ1n) is 9.16. The zero-order valence-electron chi connectivity index (χ0n) is 16.3. The molecule has 3 aromatic rings. The number of hydrogen-bond acceptors (Lipinski definition) is 6. The summed E-state index contributed by atoms with van der Waals surface area (Å²) in [6, 6.07) is 14.0. The predicted octanol–water partition coefficient (Wildman–Crippen LogP) is 3.64. The highest BCUT2D eigenvalue weighted by atomic mass is 32.2. The van der Waals surface area contributed by atoms with Crippen LogP contribution in [0.1, 0.15) is 28.4 Å². The lowest BCUT2D eigenvalue weighted by atomic mass is 10.1. The van der Waals surface area contributed by atoms with Crippen molar-refractivity contribution in [2.45, 2.75) is 19.4 Å². The Morgan fingerprint density at radius 3 is 2.67 bits per heavy atom. The van der Waals surface area contributed by atoms with E-state index in [0.29, 0.717) is 34.1 Å². The molecular formula is C21H18N4O3S2. The third-order valence-corrected chi connectivity index (χ3v) is 6.92. The van der Waals surface area contributed by atoms with Crippen molar-refractivity contribution in [3.63, 3.8) is 0 Å². The maximum atomic E-state index is 12.7. The topological polar surface area (TPSA) is 103 Å². The van der Waals surface area contributed by atoms with Gasteiger partial charge in [0.15, 0.2) is 5.13 Å². The molecule has 0 aliphatic carbocycles. The fourth-order valence-corrected chi connectivity index (χ4v) is 5.58. The van der Waals surface area contributed by atoms with Crippen LogP contribution in [0.15, 0.2) is 47.8 Å². The van der Waals surface area contributed by atoms with Gasteiger partial charge in [-0.05, 0) is 49.2 Å². The second-order valence-electron chi connectivity index (χ2n) is 7.14. The molecule has 1 atom stereocenters. The van der Waals surface area contributed by atoms with Gasteiger partial charge in [0.05, 0.1) is 29.3 Å². The van der Waals surface area contributed by atoms with Gasteiger partial charge in [0.2, 0.25) is 10.0 Å². The van der Waals surface area contributed by atoms with E-state index in [1.165, 1.54) is 21.9 Å². The normalized spacial score (nSPS) is 15.5. The fraction of sp³-hybridized carbons (Fsp3) is 0.190. The van der Waals surface area contributed by atoms with E-state index in [-0.39, 0.29) is 11.9 Å². The number of nitrogens with zero attached hydrogens (tertiary/aromatic N) is 3. The molecular weight excluding hydrogens is 420 g/mol. The van der Waals surface area contributed by atoms with Gasteiger partial charge < -0.3 is 0 Å². The molecule has 1 aliphatic rings. The number of carbonyl (C=O) groups excluding carboxylic acids is 1. The van der Waals surface area contributed by atoms with E-state index in [1.54, 1.807) is 30.3 Å². The van der Waals surface area contributed by atoms with Crippen molar-refractivity contribution in [1.29, 1.82) is 5.26 Å². The zero-order valence-corrected chi connectivity index (χ0v) is 17.9. The molecule has 9 heteroatoms. The summed E-state index contributed by atoms with van der Waals surface area (Å²) in [6.45, 7) is 1.85. The van der Waals surface area contributed by atoms with Crippen LogP contribution in [0.2, 0.25) is 0 Å². The van der Waals surface area contributed by atoms with Gasteiger partial charge in [0, 0.05) is 22.5 Å². The van der Waals surface area contributed by atoms with Crippen LogP contribution < -0.4 is 9.62 Å². The quantitative estimate of drug-likeness (QED) is 0.670. The maximum absolute atomic E-state index is 12.7.